The number of nitrogens with one attached hydrogen (secondary N) is 2. The standard InChI is InChI=1S/C21H29N3O4S2/c1-6-27-19-12-11-16(13-20(19)28-7-2)15(3)22-21(29)23-17-9-8-10-18(14-17)24(4)30(5,25)26/h8-15H,6-7H2,1-5H3,(H2,22,23,29)/t15-/m0/s1. The van der Waals surface area contributed by atoms with E-state index in [1.165, 1.54) is 11.4 Å². The number of hydrogen-bond donors (Lipinski definition) is 2. The van der Waals surface area contributed by atoms with Crippen LogP contribution in [0.4, 0.5) is 11.4 Å². The van der Waals surface area contributed by atoms with Crippen LogP contribution >= 0.6 is 12.2 Å². The third kappa shape index (κ3) is 6.50. The zero-order chi connectivity index (χ0) is 22.3. The summed E-state index contributed by atoms with van der Waals surface area (Å²) in [4.78, 5) is 0. The Bertz CT molecular complexity index is 980. The summed E-state index contributed by atoms with van der Waals surface area (Å²) >= 11 is 5.44. The number of anilines is 2. The smallest absolute Gasteiger partial charge is 0.231 e. The molecule has 2 rings (SSSR count). The summed E-state index contributed by atoms with van der Waals surface area (Å²) in [6.07, 6.45) is 1.16. The van der Waals surface area contributed by atoms with Crippen molar-refractivity contribution in [3.8, 4) is 11.5 Å². The summed E-state index contributed by atoms with van der Waals surface area (Å²) in [7, 11) is -1.83. The van der Waals surface area contributed by atoms with Crippen LogP contribution in [0.3, 0.4) is 0 Å². The molecule has 0 aromatic heterocycles. The van der Waals surface area contributed by atoms with Gasteiger partial charge in [-0.3, -0.25) is 4.31 Å². The predicted octanol–water partition coefficient (Wildman–Crippen LogP) is 3.93. The van der Waals surface area contributed by atoms with Crippen molar-refractivity contribution in [2.45, 2.75) is 26.8 Å². The van der Waals surface area contributed by atoms with E-state index in [0.29, 0.717) is 41.2 Å². The molecule has 0 heterocycles. The van der Waals surface area contributed by atoms with Crippen molar-refractivity contribution in [3.05, 3.63) is 48.0 Å². The van der Waals surface area contributed by atoms with Crippen molar-refractivity contribution in [1.82, 2.24) is 5.32 Å². The molecular weight excluding hydrogens is 422 g/mol. The number of hydrogen-bond acceptors (Lipinski definition) is 5. The average Bonchev–Trinajstić information content (AvgIpc) is 2.68. The minimum atomic E-state index is -3.34. The predicted molar refractivity (Wildman–Crippen MR) is 126 cm³/mol. The number of ether oxygens (including phenoxy) is 2. The fourth-order valence-corrected chi connectivity index (χ4v) is 3.55. The largest absolute Gasteiger partial charge is 0.490 e. The van der Waals surface area contributed by atoms with Crippen LogP contribution in [0.5, 0.6) is 11.5 Å². The maximum atomic E-state index is 11.8. The topological polar surface area (TPSA) is 79.9 Å². The Morgan fingerprint density at radius 2 is 1.77 bits per heavy atom. The van der Waals surface area contributed by atoms with E-state index in [1.807, 2.05) is 45.0 Å². The van der Waals surface area contributed by atoms with Crippen molar-refractivity contribution < 1.29 is 17.9 Å². The van der Waals surface area contributed by atoms with E-state index >= 15 is 0 Å². The van der Waals surface area contributed by atoms with Gasteiger partial charge in [0.2, 0.25) is 10.0 Å². The maximum absolute atomic E-state index is 11.8. The third-order valence-electron chi connectivity index (χ3n) is 4.38. The first-order chi connectivity index (χ1) is 14.2. The minimum Gasteiger partial charge on any atom is -0.490 e. The molecular formula is C21H29N3O4S2. The molecule has 164 valence electrons. The summed E-state index contributed by atoms with van der Waals surface area (Å²) in [5.41, 5.74) is 2.23. The number of benzene rings is 2. The second-order valence-corrected chi connectivity index (χ2v) is 9.10. The normalized spacial score (nSPS) is 12.0. The van der Waals surface area contributed by atoms with Crippen molar-refractivity contribution in [1.29, 1.82) is 0 Å². The highest BCUT2D eigenvalue weighted by Gasteiger charge is 2.14. The molecule has 0 unspecified atom stereocenters. The van der Waals surface area contributed by atoms with E-state index < -0.39 is 10.0 Å². The first-order valence-electron chi connectivity index (χ1n) is 9.66. The average molecular weight is 452 g/mol. The van der Waals surface area contributed by atoms with Crippen LogP contribution in [0.1, 0.15) is 32.4 Å². The zero-order valence-corrected chi connectivity index (χ0v) is 19.6. The molecule has 2 aromatic carbocycles. The van der Waals surface area contributed by atoms with Crippen LogP contribution in [0.15, 0.2) is 42.5 Å². The summed E-state index contributed by atoms with van der Waals surface area (Å²) < 4.78 is 36.0. The van der Waals surface area contributed by atoms with Gasteiger partial charge < -0.3 is 20.1 Å². The van der Waals surface area contributed by atoms with Crippen molar-refractivity contribution in [3.63, 3.8) is 0 Å². The quantitative estimate of drug-likeness (QED) is 0.559. The lowest BCUT2D eigenvalue weighted by atomic mass is 10.1. The molecule has 0 amide bonds. The van der Waals surface area contributed by atoms with Crippen LogP contribution in [-0.4, -0.2) is 40.0 Å². The van der Waals surface area contributed by atoms with E-state index in [0.717, 1.165) is 11.8 Å². The molecule has 9 heteroatoms. The van der Waals surface area contributed by atoms with Gasteiger partial charge in [0.1, 0.15) is 0 Å². The molecule has 0 saturated carbocycles. The van der Waals surface area contributed by atoms with E-state index in [1.54, 1.807) is 18.2 Å². The van der Waals surface area contributed by atoms with Gasteiger partial charge in [-0.15, -0.1) is 0 Å². The molecule has 7 nitrogen and oxygen atoms in total. The van der Waals surface area contributed by atoms with Crippen molar-refractivity contribution >= 4 is 38.7 Å². The van der Waals surface area contributed by atoms with Gasteiger partial charge in [0.15, 0.2) is 16.6 Å². The van der Waals surface area contributed by atoms with Crippen LogP contribution < -0.4 is 24.4 Å². The lowest BCUT2D eigenvalue weighted by Gasteiger charge is -2.20. The van der Waals surface area contributed by atoms with E-state index in [-0.39, 0.29) is 6.04 Å². The molecule has 2 N–H and O–H groups in total. The van der Waals surface area contributed by atoms with Crippen LogP contribution in [0.2, 0.25) is 0 Å². The highest BCUT2D eigenvalue weighted by Crippen LogP contribution is 2.30. The summed E-state index contributed by atoms with van der Waals surface area (Å²) in [6.45, 7) is 6.96. The molecule has 0 bridgehead atoms. The second-order valence-electron chi connectivity index (χ2n) is 6.67. The van der Waals surface area contributed by atoms with Crippen LogP contribution in [0.25, 0.3) is 0 Å². The first kappa shape index (κ1) is 23.8. The first-order valence-corrected chi connectivity index (χ1v) is 11.9. The van der Waals surface area contributed by atoms with Gasteiger partial charge in [-0.2, -0.15) is 0 Å². The molecule has 0 radical (unpaired) electrons. The number of thiocarbonyl (C=S) groups is 1. The summed E-state index contributed by atoms with van der Waals surface area (Å²) in [5, 5.41) is 6.76. The SMILES string of the molecule is CCOc1ccc([C@H](C)NC(=S)Nc2cccc(N(C)S(C)(=O)=O)c2)cc1OCC. The molecule has 0 fully saturated rings. The Labute approximate surface area is 184 Å². The van der Waals surface area contributed by atoms with Gasteiger partial charge in [0, 0.05) is 12.7 Å². The molecule has 30 heavy (non-hydrogen) atoms. The zero-order valence-electron chi connectivity index (χ0n) is 17.9. The molecule has 0 saturated heterocycles. The Kier molecular flexibility index (Phi) is 8.31. The fourth-order valence-electron chi connectivity index (χ4n) is 2.76. The third-order valence-corrected chi connectivity index (χ3v) is 5.81. The van der Waals surface area contributed by atoms with Gasteiger partial charge in [-0.1, -0.05) is 12.1 Å². The maximum Gasteiger partial charge on any atom is 0.231 e. The fraction of sp³-hybridized carbons (Fsp3) is 0.381. The Hall–Kier alpha value is -2.52. The summed E-state index contributed by atoms with van der Waals surface area (Å²) in [6, 6.07) is 12.8. The van der Waals surface area contributed by atoms with Gasteiger partial charge in [0.05, 0.1) is 31.2 Å². The number of nitrogens with zero attached hydrogens (tertiary/aromatic N) is 1. The van der Waals surface area contributed by atoms with Gasteiger partial charge in [-0.25, -0.2) is 8.42 Å². The van der Waals surface area contributed by atoms with Crippen molar-refractivity contribution in [2.24, 2.45) is 0 Å². The number of sulfonamides is 1. The molecule has 0 aliphatic rings. The van der Waals surface area contributed by atoms with Crippen LogP contribution in [0, 0.1) is 0 Å². The minimum absolute atomic E-state index is 0.0817. The monoisotopic (exact) mass is 451 g/mol. The lowest BCUT2D eigenvalue weighted by molar-refractivity contribution is 0.287. The summed E-state index contributed by atoms with van der Waals surface area (Å²) in [5.74, 6) is 1.41. The van der Waals surface area contributed by atoms with Crippen LogP contribution in [-0.2, 0) is 10.0 Å². The van der Waals surface area contributed by atoms with Gasteiger partial charge in [-0.05, 0) is 68.9 Å². The molecule has 0 spiro atoms. The molecule has 1 atom stereocenters. The Morgan fingerprint density at radius 3 is 2.40 bits per heavy atom. The van der Waals surface area contributed by atoms with Gasteiger partial charge >= 0.3 is 0 Å². The Morgan fingerprint density at radius 1 is 1.10 bits per heavy atom. The number of rotatable bonds is 9. The molecule has 0 aliphatic carbocycles. The van der Waals surface area contributed by atoms with E-state index in [4.69, 9.17) is 21.7 Å². The van der Waals surface area contributed by atoms with Gasteiger partial charge in [0.25, 0.3) is 0 Å². The highest BCUT2D eigenvalue weighted by molar-refractivity contribution is 7.92. The molecule has 2 aromatic rings. The van der Waals surface area contributed by atoms with E-state index in [2.05, 4.69) is 10.6 Å². The highest BCUT2D eigenvalue weighted by atomic mass is 32.2. The lowest BCUT2D eigenvalue weighted by Crippen LogP contribution is -2.31. The Balaban J connectivity index is 2.09. The van der Waals surface area contributed by atoms with E-state index in [9.17, 15) is 8.42 Å². The molecule has 0 aliphatic heterocycles. The van der Waals surface area contributed by atoms with Crippen molar-refractivity contribution in [2.75, 3.05) is 36.1 Å². The second kappa shape index (κ2) is 10.5.